The van der Waals surface area contributed by atoms with Crippen molar-refractivity contribution in [1.82, 2.24) is 9.80 Å². The topological polar surface area (TPSA) is 28.9 Å². The Bertz CT molecular complexity index is 364. The van der Waals surface area contributed by atoms with Crippen molar-refractivity contribution >= 4 is 0 Å². The van der Waals surface area contributed by atoms with Gasteiger partial charge in [-0.1, -0.05) is 0 Å². The summed E-state index contributed by atoms with van der Waals surface area (Å²) in [6, 6.07) is 3.25. The van der Waals surface area contributed by atoms with Gasteiger partial charge < -0.3 is 14.1 Å². The lowest BCUT2D eigenvalue weighted by atomic mass is 9.99. The molecule has 0 unspecified atom stereocenters. The van der Waals surface area contributed by atoms with E-state index in [1.165, 1.54) is 5.56 Å². The Balaban J connectivity index is 1.73. The lowest BCUT2D eigenvalue weighted by Crippen LogP contribution is -2.36. The Morgan fingerprint density at radius 3 is 3.00 bits per heavy atom. The van der Waals surface area contributed by atoms with Crippen LogP contribution >= 0.6 is 0 Å². The van der Waals surface area contributed by atoms with E-state index in [0.29, 0.717) is 18.0 Å². The summed E-state index contributed by atoms with van der Waals surface area (Å²) in [6.45, 7) is 3.91. The molecule has 2 aliphatic rings. The molecule has 0 amide bonds. The Morgan fingerprint density at radius 1 is 1.41 bits per heavy atom. The van der Waals surface area contributed by atoms with Crippen molar-refractivity contribution in [2.75, 3.05) is 33.9 Å². The van der Waals surface area contributed by atoms with Gasteiger partial charge in [-0.25, -0.2) is 0 Å². The molecular formula is C13H20N2O2. The smallest absolute Gasteiger partial charge is 0.0947 e. The number of rotatable bonds is 3. The molecular weight excluding hydrogens is 216 g/mol. The van der Waals surface area contributed by atoms with E-state index >= 15 is 0 Å². The third kappa shape index (κ3) is 2.01. The van der Waals surface area contributed by atoms with Crippen LogP contribution in [0.1, 0.15) is 5.56 Å². The van der Waals surface area contributed by atoms with Gasteiger partial charge in [0.05, 0.1) is 25.7 Å². The van der Waals surface area contributed by atoms with E-state index in [4.69, 9.17) is 9.15 Å². The minimum absolute atomic E-state index is 0.581. The highest BCUT2D eigenvalue weighted by molar-refractivity contribution is 5.08. The fourth-order valence-corrected chi connectivity index (χ4v) is 3.16. The third-order valence-electron chi connectivity index (χ3n) is 4.11. The van der Waals surface area contributed by atoms with Gasteiger partial charge in [0.1, 0.15) is 0 Å². The summed E-state index contributed by atoms with van der Waals surface area (Å²) < 4.78 is 10.8. The Labute approximate surface area is 102 Å². The lowest BCUT2D eigenvalue weighted by molar-refractivity contribution is 0.124. The number of likely N-dealkylation sites (N-methyl/N-ethyl adjacent to an activating group) is 1. The molecule has 0 aliphatic carbocycles. The first-order chi connectivity index (χ1) is 8.25. The number of nitrogens with zero attached hydrogens (tertiary/aromatic N) is 2. The van der Waals surface area contributed by atoms with Crippen molar-refractivity contribution in [2.45, 2.75) is 18.6 Å². The second-order valence-corrected chi connectivity index (χ2v) is 5.36. The zero-order chi connectivity index (χ0) is 11.8. The van der Waals surface area contributed by atoms with Crippen LogP contribution in [-0.4, -0.2) is 55.7 Å². The summed E-state index contributed by atoms with van der Waals surface area (Å²) in [7, 11) is 4.34. The first-order valence-electron chi connectivity index (χ1n) is 6.25. The molecule has 1 aromatic heterocycles. The number of furan rings is 1. The fraction of sp³-hybridized carbons (Fsp3) is 0.692. The van der Waals surface area contributed by atoms with E-state index in [0.717, 1.165) is 26.3 Å². The summed E-state index contributed by atoms with van der Waals surface area (Å²) in [6.07, 6.45) is 3.59. The van der Waals surface area contributed by atoms with Gasteiger partial charge in [-0.3, -0.25) is 4.90 Å². The highest BCUT2D eigenvalue weighted by Crippen LogP contribution is 2.33. The molecule has 3 rings (SSSR count). The van der Waals surface area contributed by atoms with Gasteiger partial charge in [0.2, 0.25) is 0 Å². The van der Waals surface area contributed by atoms with Crippen LogP contribution in [0, 0.1) is 5.92 Å². The van der Waals surface area contributed by atoms with Crippen molar-refractivity contribution < 1.29 is 9.15 Å². The first-order valence-corrected chi connectivity index (χ1v) is 6.25. The van der Waals surface area contributed by atoms with Crippen LogP contribution < -0.4 is 0 Å². The van der Waals surface area contributed by atoms with E-state index in [2.05, 4.69) is 23.9 Å². The third-order valence-corrected chi connectivity index (χ3v) is 4.11. The maximum absolute atomic E-state index is 5.65. The standard InChI is InChI=1S/C13H20N2O2/c1-14(2)12-6-15(5-10-3-4-16-7-10)13-9-17-8-11(12)13/h3-4,7,11-13H,5-6,8-9H2,1-2H3/t11-,12-,13-/m1/s1. The quantitative estimate of drug-likeness (QED) is 0.784. The average Bonchev–Trinajstić information content (AvgIpc) is 2.96. The van der Waals surface area contributed by atoms with E-state index in [9.17, 15) is 0 Å². The van der Waals surface area contributed by atoms with Crippen LogP contribution in [0.5, 0.6) is 0 Å². The average molecular weight is 236 g/mol. The van der Waals surface area contributed by atoms with E-state index < -0.39 is 0 Å². The van der Waals surface area contributed by atoms with Crippen molar-refractivity contribution in [3.05, 3.63) is 24.2 Å². The summed E-state index contributed by atoms with van der Waals surface area (Å²) in [5.74, 6) is 0.664. The Kier molecular flexibility index (Phi) is 2.94. The van der Waals surface area contributed by atoms with Gasteiger partial charge in [0.25, 0.3) is 0 Å². The van der Waals surface area contributed by atoms with Crippen LogP contribution in [0.2, 0.25) is 0 Å². The number of hydrogen-bond acceptors (Lipinski definition) is 4. The molecule has 2 aliphatic heterocycles. The number of hydrogen-bond donors (Lipinski definition) is 0. The second-order valence-electron chi connectivity index (χ2n) is 5.36. The molecule has 0 saturated carbocycles. The second kappa shape index (κ2) is 4.44. The lowest BCUT2D eigenvalue weighted by Gasteiger charge is -2.23. The van der Waals surface area contributed by atoms with Gasteiger partial charge in [-0.05, 0) is 20.2 Å². The summed E-state index contributed by atoms with van der Waals surface area (Å²) in [5.41, 5.74) is 1.26. The van der Waals surface area contributed by atoms with E-state index in [-0.39, 0.29) is 0 Å². The molecule has 0 aromatic carbocycles. The molecule has 17 heavy (non-hydrogen) atoms. The van der Waals surface area contributed by atoms with Crippen molar-refractivity contribution in [1.29, 1.82) is 0 Å². The normalized spacial score (nSPS) is 33.5. The van der Waals surface area contributed by atoms with Crippen LogP contribution in [-0.2, 0) is 11.3 Å². The summed E-state index contributed by atoms with van der Waals surface area (Å²) in [4.78, 5) is 4.87. The Hall–Kier alpha value is -0.840. The predicted molar refractivity (Wildman–Crippen MR) is 64.7 cm³/mol. The first kappa shape index (κ1) is 11.3. The maximum Gasteiger partial charge on any atom is 0.0947 e. The molecule has 4 nitrogen and oxygen atoms in total. The zero-order valence-corrected chi connectivity index (χ0v) is 10.5. The van der Waals surface area contributed by atoms with Crippen LogP contribution in [0.4, 0.5) is 0 Å². The maximum atomic E-state index is 5.65. The zero-order valence-electron chi connectivity index (χ0n) is 10.5. The van der Waals surface area contributed by atoms with Gasteiger partial charge in [0.15, 0.2) is 0 Å². The van der Waals surface area contributed by atoms with Gasteiger partial charge in [0, 0.05) is 36.7 Å². The molecule has 94 valence electrons. The molecule has 3 atom stereocenters. The van der Waals surface area contributed by atoms with Crippen molar-refractivity contribution in [3.63, 3.8) is 0 Å². The van der Waals surface area contributed by atoms with Crippen molar-refractivity contribution in [2.24, 2.45) is 5.92 Å². The number of likely N-dealkylation sites (tertiary alicyclic amines) is 1. The van der Waals surface area contributed by atoms with Crippen LogP contribution in [0.25, 0.3) is 0 Å². The molecule has 2 fully saturated rings. The fourth-order valence-electron chi connectivity index (χ4n) is 3.16. The molecule has 0 radical (unpaired) electrons. The Morgan fingerprint density at radius 2 is 2.29 bits per heavy atom. The molecule has 2 saturated heterocycles. The summed E-state index contributed by atoms with van der Waals surface area (Å²) >= 11 is 0. The highest BCUT2D eigenvalue weighted by Gasteiger charge is 2.45. The van der Waals surface area contributed by atoms with Gasteiger partial charge >= 0.3 is 0 Å². The minimum Gasteiger partial charge on any atom is -0.472 e. The highest BCUT2D eigenvalue weighted by atomic mass is 16.5. The molecule has 0 spiro atoms. The van der Waals surface area contributed by atoms with E-state index in [1.807, 2.05) is 12.3 Å². The molecule has 3 heterocycles. The SMILES string of the molecule is CN(C)[C@@H]1CN(Cc2ccoc2)[C@@H]2COC[C@H]12. The van der Waals surface area contributed by atoms with Gasteiger partial charge in [-0.15, -0.1) is 0 Å². The number of ether oxygens (including phenoxy) is 1. The van der Waals surface area contributed by atoms with Crippen LogP contribution in [0.15, 0.2) is 23.0 Å². The number of fused-ring (bicyclic) bond motifs is 1. The molecule has 1 aromatic rings. The van der Waals surface area contributed by atoms with Crippen molar-refractivity contribution in [3.8, 4) is 0 Å². The monoisotopic (exact) mass is 236 g/mol. The van der Waals surface area contributed by atoms with Crippen LogP contribution in [0.3, 0.4) is 0 Å². The molecule has 0 N–H and O–H groups in total. The van der Waals surface area contributed by atoms with Gasteiger partial charge in [-0.2, -0.15) is 0 Å². The molecule has 4 heteroatoms. The minimum atomic E-state index is 0.581. The molecule has 0 bridgehead atoms. The largest absolute Gasteiger partial charge is 0.472 e. The van der Waals surface area contributed by atoms with E-state index in [1.54, 1.807) is 6.26 Å². The predicted octanol–water partition coefficient (Wildman–Crippen LogP) is 1.04. The summed E-state index contributed by atoms with van der Waals surface area (Å²) in [5, 5.41) is 0.